The number of methoxy groups -OCH3 is 1. The minimum absolute atomic E-state index is 0.0607. The first-order chi connectivity index (χ1) is 9.52. The number of benzene rings is 2. The second kappa shape index (κ2) is 6.25. The van der Waals surface area contributed by atoms with Gasteiger partial charge in [-0.25, -0.2) is 4.39 Å². The lowest BCUT2D eigenvalue weighted by molar-refractivity contribution is 0.0992. The van der Waals surface area contributed by atoms with Gasteiger partial charge in [0.05, 0.1) is 17.2 Å². The van der Waals surface area contributed by atoms with Crippen LogP contribution in [0.15, 0.2) is 36.4 Å². The predicted octanol–water partition coefficient (Wildman–Crippen LogP) is 4.57. The zero-order valence-electron chi connectivity index (χ0n) is 10.6. The molecule has 0 saturated heterocycles. The maximum absolute atomic E-state index is 13.6. The van der Waals surface area contributed by atoms with Crippen LogP contribution >= 0.6 is 23.2 Å². The van der Waals surface area contributed by atoms with Crippen LogP contribution in [-0.4, -0.2) is 12.9 Å². The van der Waals surface area contributed by atoms with Crippen molar-refractivity contribution >= 4 is 29.0 Å². The molecule has 0 heterocycles. The van der Waals surface area contributed by atoms with Gasteiger partial charge in [0.1, 0.15) is 0 Å². The molecule has 0 aliphatic carbocycles. The highest BCUT2D eigenvalue weighted by Gasteiger charge is 2.13. The van der Waals surface area contributed by atoms with Crippen molar-refractivity contribution in [2.75, 3.05) is 7.11 Å². The van der Waals surface area contributed by atoms with E-state index >= 15 is 0 Å². The first-order valence-corrected chi connectivity index (χ1v) is 6.58. The van der Waals surface area contributed by atoms with Crippen molar-refractivity contribution in [3.63, 3.8) is 0 Å². The molecule has 0 spiro atoms. The van der Waals surface area contributed by atoms with Crippen LogP contribution in [-0.2, 0) is 6.42 Å². The second-order valence-corrected chi connectivity index (χ2v) is 4.95. The molecule has 0 saturated carbocycles. The first kappa shape index (κ1) is 14.8. The van der Waals surface area contributed by atoms with E-state index in [-0.39, 0.29) is 23.5 Å². The summed E-state index contributed by atoms with van der Waals surface area (Å²) in [6.07, 6.45) is 0.0607. The summed E-state index contributed by atoms with van der Waals surface area (Å²) in [5.41, 5.74) is 0.875. The zero-order valence-corrected chi connectivity index (χ0v) is 12.1. The summed E-state index contributed by atoms with van der Waals surface area (Å²) >= 11 is 11.9. The van der Waals surface area contributed by atoms with E-state index in [0.717, 1.165) is 6.07 Å². The molecule has 5 heteroatoms. The molecule has 0 aliphatic rings. The summed E-state index contributed by atoms with van der Waals surface area (Å²) in [5.74, 6) is -0.714. The van der Waals surface area contributed by atoms with Crippen LogP contribution in [0.25, 0.3) is 0 Å². The van der Waals surface area contributed by atoms with Crippen molar-refractivity contribution in [1.29, 1.82) is 0 Å². The number of ketones is 1. The number of rotatable bonds is 4. The highest BCUT2D eigenvalue weighted by Crippen LogP contribution is 2.27. The smallest absolute Gasteiger partial charge is 0.167 e. The van der Waals surface area contributed by atoms with E-state index in [1.807, 2.05) is 0 Å². The van der Waals surface area contributed by atoms with Crippen molar-refractivity contribution < 1.29 is 13.9 Å². The van der Waals surface area contributed by atoms with Gasteiger partial charge in [-0.1, -0.05) is 35.3 Å². The van der Waals surface area contributed by atoms with Gasteiger partial charge in [-0.15, -0.1) is 0 Å². The summed E-state index contributed by atoms with van der Waals surface area (Å²) in [6.45, 7) is 0. The highest BCUT2D eigenvalue weighted by molar-refractivity contribution is 6.42. The summed E-state index contributed by atoms with van der Waals surface area (Å²) in [7, 11) is 1.37. The molecule has 0 bridgehead atoms. The molecule has 2 aromatic carbocycles. The monoisotopic (exact) mass is 312 g/mol. The predicted molar refractivity (Wildman–Crippen MR) is 77.4 cm³/mol. The summed E-state index contributed by atoms with van der Waals surface area (Å²) in [6, 6.07) is 9.16. The van der Waals surface area contributed by atoms with Crippen LogP contribution in [0.3, 0.4) is 0 Å². The van der Waals surface area contributed by atoms with Gasteiger partial charge in [0.2, 0.25) is 0 Å². The van der Waals surface area contributed by atoms with E-state index in [1.54, 1.807) is 18.2 Å². The lowest BCUT2D eigenvalue weighted by atomic mass is 10.0. The Balaban J connectivity index is 2.24. The van der Waals surface area contributed by atoms with Gasteiger partial charge >= 0.3 is 0 Å². The number of Topliss-reactive ketones (excluding diaryl/α,β-unsaturated/α-hetero) is 1. The highest BCUT2D eigenvalue weighted by atomic mass is 35.5. The Hall–Kier alpha value is -1.58. The Morgan fingerprint density at radius 1 is 1.25 bits per heavy atom. The molecule has 0 aromatic heterocycles. The van der Waals surface area contributed by atoms with E-state index in [0.29, 0.717) is 15.6 Å². The van der Waals surface area contributed by atoms with E-state index in [9.17, 15) is 9.18 Å². The SMILES string of the molecule is COc1ccc(C(=O)Cc2cccc(Cl)c2Cl)cc1F. The van der Waals surface area contributed by atoms with Crippen molar-refractivity contribution in [1.82, 2.24) is 0 Å². The standard InChI is InChI=1S/C15H11Cl2FO2/c1-20-14-6-5-9(7-12(14)18)13(19)8-10-3-2-4-11(16)15(10)17/h2-7H,8H2,1H3. The quantitative estimate of drug-likeness (QED) is 0.773. The van der Waals surface area contributed by atoms with Gasteiger partial charge < -0.3 is 4.74 Å². The number of hydrogen-bond acceptors (Lipinski definition) is 2. The molecule has 2 nitrogen and oxygen atoms in total. The third kappa shape index (κ3) is 3.11. The molecule has 104 valence electrons. The van der Waals surface area contributed by atoms with Gasteiger partial charge in [0.25, 0.3) is 0 Å². The largest absolute Gasteiger partial charge is 0.494 e. The molecule has 0 fully saturated rings. The third-order valence-electron chi connectivity index (χ3n) is 2.86. The fourth-order valence-corrected chi connectivity index (χ4v) is 2.19. The van der Waals surface area contributed by atoms with Crippen LogP contribution in [0.2, 0.25) is 10.0 Å². The lowest BCUT2D eigenvalue weighted by Gasteiger charge is -2.07. The van der Waals surface area contributed by atoms with Gasteiger partial charge in [-0.05, 0) is 29.8 Å². The zero-order chi connectivity index (χ0) is 14.7. The van der Waals surface area contributed by atoms with Crippen LogP contribution in [0, 0.1) is 5.82 Å². The van der Waals surface area contributed by atoms with E-state index in [4.69, 9.17) is 27.9 Å². The van der Waals surface area contributed by atoms with E-state index < -0.39 is 5.82 Å². The van der Waals surface area contributed by atoms with Crippen molar-refractivity contribution in [2.45, 2.75) is 6.42 Å². The average Bonchev–Trinajstić information content (AvgIpc) is 2.43. The Labute approximate surface area is 126 Å². The molecule has 20 heavy (non-hydrogen) atoms. The maximum atomic E-state index is 13.6. The van der Waals surface area contributed by atoms with Crippen LogP contribution in [0.4, 0.5) is 4.39 Å². The van der Waals surface area contributed by atoms with Crippen LogP contribution in [0.1, 0.15) is 15.9 Å². The molecule has 2 aromatic rings. The normalized spacial score (nSPS) is 10.4. The average molecular weight is 313 g/mol. The molecular weight excluding hydrogens is 302 g/mol. The van der Waals surface area contributed by atoms with Crippen molar-refractivity contribution in [3.8, 4) is 5.75 Å². The molecule has 0 N–H and O–H groups in total. The Bertz CT molecular complexity index is 656. The molecule has 0 unspecified atom stereocenters. The van der Waals surface area contributed by atoms with Crippen LogP contribution < -0.4 is 4.74 Å². The van der Waals surface area contributed by atoms with Gasteiger partial charge in [0.15, 0.2) is 17.3 Å². The van der Waals surface area contributed by atoms with Crippen molar-refractivity contribution in [3.05, 3.63) is 63.4 Å². The van der Waals surface area contributed by atoms with Gasteiger partial charge in [-0.3, -0.25) is 4.79 Å². The Morgan fingerprint density at radius 3 is 2.65 bits per heavy atom. The minimum Gasteiger partial charge on any atom is -0.494 e. The summed E-state index contributed by atoms with van der Waals surface area (Å²) in [5, 5.41) is 0.731. The topological polar surface area (TPSA) is 26.3 Å². The molecule has 0 radical (unpaired) electrons. The summed E-state index contributed by atoms with van der Waals surface area (Å²) in [4.78, 5) is 12.1. The number of halogens is 3. The van der Waals surface area contributed by atoms with Gasteiger partial charge in [-0.2, -0.15) is 0 Å². The van der Waals surface area contributed by atoms with E-state index in [1.165, 1.54) is 19.2 Å². The molecule has 0 aliphatic heterocycles. The van der Waals surface area contributed by atoms with Gasteiger partial charge in [0, 0.05) is 12.0 Å². The minimum atomic E-state index is -0.574. The maximum Gasteiger partial charge on any atom is 0.167 e. The Kier molecular flexibility index (Phi) is 4.63. The number of hydrogen-bond donors (Lipinski definition) is 0. The summed E-state index contributed by atoms with van der Waals surface area (Å²) < 4.78 is 18.4. The second-order valence-electron chi connectivity index (χ2n) is 4.16. The van der Waals surface area contributed by atoms with Crippen molar-refractivity contribution in [2.24, 2.45) is 0 Å². The third-order valence-corrected chi connectivity index (χ3v) is 3.71. The number of ether oxygens (including phenoxy) is 1. The molecular formula is C15H11Cl2FO2. The van der Waals surface area contributed by atoms with Crippen LogP contribution in [0.5, 0.6) is 5.75 Å². The first-order valence-electron chi connectivity index (χ1n) is 5.82. The number of carbonyl (C=O) groups excluding carboxylic acids is 1. The fraction of sp³-hybridized carbons (Fsp3) is 0.133. The molecule has 0 atom stereocenters. The number of carbonyl (C=O) groups is 1. The lowest BCUT2D eigenvalue weighted by Crippen LogP contribution is -2.05. The Morgan fingerprint density at radius 2 is 2.00 bits per heavy atom. The molecule has 0 amide bonds. The fourth-order valence-electron chi connectivity index (χ4n) is 1.80. The molecule has 2 rings (SSSR count). The van der Waals surface area contributed by atoms with E-state index in [2.05, 4.69) is 0 Å².